The number of aromatic amines is 1. The Morgan fingerprint density at radius 3 is 3.00 bits per heavy atom. The molecule has 11 heavy (non-hydrogen) atoms. The van der Waals surface area contributed by atoms with Crippen molar-refractivity contribution in [2.45, 2.75) is 0 Å². The minimum Gasteiger partial charge on any atom is -0.470 e. The first-order valence-electron chi connectivity index (χ1n) is 3.12. The first kappa shape index (κ1) is 6.03. The smallest absolute Gasteiger partial charge is 0.265 e. The maximum absolute atomic E-state index is 10.6. The topological polar surface area (TPSA) is 72.0 Å². The molecule has 0 aliphatic carbocycles. The fraction of sp³-hybridized carbons (Fsp3) is 0. The third kappa shape index (κ3) is 0.797. The molecule has 4 heteroatoms. The molecule has 0 bridgehead atoms. The number of nitrogens with two attached hydrogens (primary N) is 1. The third-order valence-electron chi connectivity index (χ3n) is 1.53. The highest BCUT2D eigenvalue weighted by atomic mass is 16.3. The molecule has 2 aromatic heterocycles. The summed E-state index contributed by atoms with van der Waals surface area (Å²) in [5.41, 5.74) is 6.23. The zero-order valence-corrected chi connectivity index (χ0v) is 5.63. The molecule has 2 aromatic rings. The van der Waals surface area contributed by atoms with Gasteiger partial charge < -0.3 is 15.1 Å². The van der Waals surface area contributed by atoms with E-state index in [2.05, 4.69) is 4.98 Å². The van der Waals surface area contributed by atoms with E-state index in [0.717, 1.165) is 10.9 Å². The van der Waals surface area contributed by atoms with Gasteiger partial charge in [-0.3, -0.25) is 4.79 Å². The number of nitrogens with one attached hydrogen (secondary N) is 1. The van der Waals surface area contributed by atoms with E-state index in [1.165, 1.54) is 6.26 Å². The number of hydrogen-bond acceptors (Lipinski definition) is 2. The summed E-state index contributed by atoms with van der Waals surface area (Å²) in [6, 6.07) is 1.65. The molecule has 0 atom stereocenters. The lowest BCUT2D eigenvalue weighted by Crippen LogP contribution is -2.10. The van der Waals surface area contributed by atoms with Crippen molar-refractivity contribution >= 4 is 16.8 Å². The maximum Gasteiger partial charge on any atom is 0.265 e. The largest absolute Gasteiger partial charge is 0.470 e. The Morgan fingerprint density at radius 2 is 2.36 bits per heavy atom. The number of hydrogen-bond donors (Lipinski definition) is 2. The fourth-order valence-electron chi connectivity index (χ4n) is 0.990. The van der Waals surface area contributed by atoms with Crippen molar-refractivity contribution in [3.8, 4) is 0 Å². The second-order valence-corrected chi connectivity index (χ2v) is 2.29. The van der Waals surface area contributed by atoms with Crippen molar-refractivity contribution in [3.05, 3.63) is 24.3 Å². The SMILES string of the molecule is NC(=O)c1cc2cocc2[nH]1. The van der Waals surface area contributed by atoms with E-state index in [1.54, 1.807) is 12.3 Å². The summed E-state index contributed by atoms with van der Waals surface area (Å²) in [7, 11) is 0. The van der Waals surface area contributed by atoms with Crippen LogP contribution >= 0.6 is 0 Å². The number of amides is 1. The second kappa shape index (κ2) is 1.88. The van der Waals surface area contributed by atoms with Gasteiger partial charge in [-0.2, -0.15) is 0 Å². The molecule has 0 unspecified atom stereocenters. The van der Waals surface area contributed by atoms with E-state index in [9.17, 15) is 4.79 Å². The predicted octanol–water partition coefficient (Wildman–Crippen LogP) is 0.860. The number of H-pyrrole nitrogens is 1. The average molecular weight is 150 g/mol. The molecule has 0 saturated heterocycles. The van der Waals surface area contributed by atoms with E-state index >= 15 is 0 Å². The van der Waals surface area contributed by atoms with Gasteiger partial charge in [0.15, 0.2) is 0 Å². The summed E-state index contributed by atoms with van der Waals surface area (Å²) in [6.07, 6.45) is 3.08. The predicted molar refractivity (Wildman–Crippen MR) is 39.1 cm³/mol. The van der Waals surface area contributed by atoms with Gasteiger partial charge in [-0.1, -0.05) is 0 Å². The molecule has 2 rings (SSSR count). The van der Waals surface area contributed by atoms with Crippen molar-refractivity contribution in [2.75, 3.05) is 0 Å². The van der Waals surface area contributed by atoms with Crippen molar-refractivity contribution in [1.82, 2.24) is 4.98 Å². The Labute approximate surface area is 62.0 Å². The lowest BCUT2D eigenvalue weighted by Gasteiger charge is -1.83. The average Bonchev–Trinajstić information content (AvgIpc) is 2.40. The minimum atomic E-state index is -0.457. The van der Waals surface area contributed by atoms with Gasteiger partial charge in [0.2, 0.25) is 0 Å². The lowest BCUT2D eigenvalue weighted by atomic mass is 10.3. The maximum atomic E-state index is 10.6. The molecule has 0 radical (unpaired) electrons. The Balaban J connectivity index is 2.67. The molecule has 0 fully saturated rings. The van der Waals surface area contributed by atoms with Crippen LogP contribution in [0.5, 0.6) is 0 Å². The van der Waals surface area contributed by atoms with Gasteiger partial charge in [0.05, 0.1) is 11.8 Å². The highest BCUT2D eigenvalue weighted by Gasteiger charge is 2.05. The van der Waals surface area contributed by atoms with Crippen LogP contribution in [0.1, 0.15) is 10.5 Å². The highest BCUT2D eigenvalue weighted by Crippen LogP contribution is 2.15. The summed E-state index contributed by atoms with van der Waals surface area (Å²) >= 11 is 0. The zero-order valence-electron chi connectivity index (χ0n) is 5.63. The summed E-state index contributed by atoms with van der Waals surface area (Å²) in [4.78, 5) is 13.4. The Bertz CT molecular complexity index is 371. The lowest BCUT2D eigenvalue weighted by molar-refractivity contribution is 0.0996. The first-order chi connectivity index (χ1) is 5.27. The van der Waals surface area contributed by atoms with Gasteiger partial charge in [-0.15, -0.1) is 0 Å². The van der Waals surface area contributed by atoms with Gasteiger partial charge in [0.25, 0.3) is 5.91 Å². The van der Waals surface area contributed by atoms with Crippen LogP contribution in [0.25, 0.3) is 10.9 Å². The van der Waals surface area contributed by atoms with E-state index < -0.39 is 5.91 Å². The molecule has 4 nitrogen and oxygen atoms in total. The van der Waals surface area contributed by atoms with Gasteiger partial charge in [-0.25, -0.2) is 0 Å². The van der Waals surface area contributed by atoms with E-state index in [-0.39, 0.29) is 0 Å². The van der Waals surface area contributed by atoms with Crippen LogP contribution in [0.2, 0.25) is 0 Å². The van der Waals surface area contributed by atoms with Crippen molar-refractivity contribution in [2.24, 2.45) is 5.73 Å². The minimum absolute atomic E-state index is 0.408. The third-order valence-corrected chi connectivity index (χ3v) is 1.53. The number of furan rings is 1. The quantitative estimate of drug-likeness (QED) is 0.632. The summed E-state index contributed by atoms with van der Waals surface area (Å²) in [5.74, 6) is -0.457. The molecule has 3 N–H and O–H groups in total. The number of rotatable bonds is 1. The summed E-state index contributed by atoms with van der Waals surface area (Å²) in [6.45, 7) is 0. The molecule has 1 amide bonds. The van der Waals surface area contributed by atoms with Gasteiger partial charge in [-0.05, 0) is 6.07 Å². The van der Waals surface area contributed by atoms with Crippen molar-refractivity contribution in [3.63, 3.8) is 0 Å². The fourth-order valence-corrected chi connectivity index (χ4v) is 0.990. The number of aromatic nitrogens is 1. The van der Waals surface area contributed by atoms with Crippen LogP contribution in [-0.4, -0.2) is 10.9 Å². The van der Waals surface area contributed by atoms with Crippen LogP contribution in [0.15, 0.2) is 23.0 Å². The Hall–Kier alpha value is -1.71. The van der Waals surface area contributed by atoms with Gasteiger partial charge >= 0.3 is 0 Å². The molecule has 56 valence electrons. The van der Waals surface area contributed by atoms with Crippen LogP contribution in [0.4, 0.5) is 0 Å². The monoisotopic (exact) mass is 150 g/mol. The van der Waals surface area contributed by atoms with Crippen LogP contribution in [0.3, 0.4) is 0 Å². The van der Waals surface area contributed by atoms with Crippen LogP contribution in [0, 0.1) is 0 Å². The van der Waals surface area contributed by atoms with Crippen LogP contribution < -0.4 is 5.73 Å². The molecule has 0 aromatic carbocycles. The second-order valence-electron chi connectivity index (χ2n) is 2.29. The molecular formula is C7H6N2O2. The van der Waals surface area contributed by atoms with E-state index in [0.29, 0.717) is 5.69 Å². The van der Waals surface area contributed by atoms with Gasteiger partial charge in [0.1, 0.15) is 12.0 Å². The number of carbonyl (C=O) groups excluding carboxylic acids is 1. The highest BCUT2D eigenvalue weighted by molar-refractivity contribution is 5.96. The first-order valence-corrected chi connectivity index (χ1v) is 3.12. The molecular weight excluding hydrogens is 144 g/mol. The van der Waals surface area contributed by atoms with Crippen molar-refractivity contribution in [1.29, 1.82) is 0 Å². The summed E-state index contributed by atoms with van der Waals surface area (Å²) < 4.78 is 4.86. The Morgan fingerprint density at radius 1 is 1.55 bits per heavy atom. The number of fused-ring (bicyclic) bond motifs is 1. The molecule has 2 heterocycles. The molecule has 0 spiro atoms. The summed E-state index contributed by atoms with van der Waals surface area (Å²) in [5, 5.41) is 0.860. The number of primary amides is 1. The Kier molecular flexibility index (Phi) is 1.03. The van der Waals surface area contributed by atoms with Crippen LogP contribution in [-0.2, 0) is 0 Å². The van der Waals surface area contributed by atoms with Crippen molar-refractivity contribution < 1.29 is 9.21 Å². The molecule has 0 aliphatic rings. The molecule has 0 aliphatic heterocycles. The number of carbonyl (C=O) groups is 1. The van der Waals surface area contributed by atoms with Gasteiger partial charge in [0, 0.05) is 5.39 Å². The standard InChI is InChI=1S/C7H6N2O2/c8-7(10)5-1-4-2-11-3-6(4)9-5/h1-3,9H,(H2,8,10). The van der Waals surface area contributed by atoms with E-state index in [4.69, 9.17) is 10.2 Å². The normalized spacial score (nSPS) is 10.5. The van der Waals surface area contributed by atoms with E-state index in [1.807, 2.05) is 0 Å². The molecule has 0 saturated carbocycles. The zero-order chi connectivity index (χ0) is 7.84.